The van der Waals surface area contributed by atoms with Crippen molar-refractivity contribution in [1.29, 1.82) is 0 Å². The van der Waals surface area contributed by atoms with Gasteiger partial charge in [0.2, 0.25) is 5.95 Å². The number of carbonyl (C=O) groups excluding carboxylic acids is 1. The van der Waals surface area contributed by atoms with Crippen molar-refractivity contribution in [2.75, 3.05) is 29.8 Å². The Morgan fingerprint density at radius 3 is 2.25 bits per heavy atom. The number of esters is 1. The quantitative estimate of drug-likeness (QED) is 0.564. The fourth-order valence-electron chi connectivity index (χ4n) is 3.07. The molecule has 166 valence electrons. The second-order valence-electron chi connectivity index (χ2n) is 7.05. The number of halogens is 2. The largest absolute Gasteiger partial charge is 0.465 e. The molecular weight excluding hydrogens is 442 g/mol. The van der Waals surface area contributed by atoms with E-state index in [1.54, 1.807) is 24.5 Å². The van der Waals surface area contributed by atoms with Crippen LogP contribution in [0.25, 0.3) is 11.1 Å². The molecule has 1 aliphatic heterocycles. The summed E-state index contributed by atoms with van der Waals surface area (Å²) in [5, 5.41) is 0. The average molecular weight is 460 g/mol. The summed E-state index contributed by atoms with van der Waals surface area (Å²) in [6.45, 7) is 1.85. The van der Waals surface area contributed by atoms with E-state index in [-0.39, 0.29) is 4.90 Å². The minimum absolute atomic E-state index is 0.156. The van der Waals surface area contributed by atoms with Crippen LogP contribution in [0.4, 0.5) is 20.4 Å². The molecule has 8 nitrogen and oxygen atoms in total. The zero-order valence-electron chi connectivity index (χ0n) is 16.9. The number of ether oxygens (including phenoxy) is 1. The number of rotatable bonds is 6. The molecule has 0 radical (unpaired) electrons. The summed E-state index contributed by atoms with van der Waals surface area (Å²) in [6, 6.07) is 6.95. The lowest BCUT2D eigenvalue weighted by atomic mass is 10.1. The molecule has 2 heterocycles. The Bertz CT molecular complexity index is 1260. The summed E-state index contributed by atoms with van der Waals surface area (Å²) in [5.41, 5.74) is 0.130. The molecule has 0 bridgehead atoms. The monoisotopic (exact) mass is 460 g/mol. The minimum atomic E-state index is -4.21. The van der Waals surface area contributed by atoms with Crippen LogP contribution in [0.5, 0.6) is 0 Å². The van der Waals surface area contributed by atoms with Crippen molar-refractivity contribution in [2.24, 2.45) is 0 Å². The van der Waals surface area contributed by atoms with Gasteiger partial charge < -0.3 is 9.64 Å². The van der Waals surface area contributed by atoms with Gasteiger partial charge in [0, 0.05) is 37.1 Å². The number of hydrogen-bond acceptors (Lipinski definition) is 7. The molecule has 1 N–H and O–H groups in total. The highest BCUT2D eigenvalue weighted by Gasteiger charge is 2.21. The van der Waals surface area contributed by atoms with Crippen molar-refractivity contribution in [1.82, 2.24) is 9.97 Å². The van der Waals surface area contributed by atoms with Gasteiger partial charge in [-0.25, -0.2) is 32.0 Å². The average Bonchev–Trinajstić information content (AvgIpc) is 2.75. The van der Waals surface area contributed by atoms with Gasteiger partial charge in [-0.1, -0.05) is 12.1 Å². The van der Waals surface area contributed by atoms with Crippen molar-refractivity contribution >= 4 is 27.6 Å². The van der Waals surface area contributed by atoms with E-state index in [2.05, 4.69) is 14.7 Å². The Balaban J connectivity index is 1.53. The number of carbonyl (C=O) groups is 1. The van der Waals surface area contributed by atoms with Gasteiger partial charge in [-0.3, -0.25) is 4.72 Å². The van der Waals surface area contributed by atoms with Crippen LogP contribution in [-0.4, -0.2) is 44.6 Å². The number of sulfonamides is 1. The number of benzene rings is 2. The molecule has 0 atom stereocenters. The van der Waals surface area contributed by atoms with Gasteiger partial charge in [-0.2, -0.15) is 0 Å². The molecule has 0 spiro atoms. The van der Waals surface area contributed by atoms with Gasteiger partial charge in [-0.05, 0) is 30.2 Å². The van der Waals surface area contributed by atoms with Gasteiger partial charge in [0.1, 0.15) is 11.6 Å². The van der Waals surface area contributed by atoms with Crippen LogP contribution in [0.2, 0.25) is 0 Å². The maximum absolute atomic E-state index is 14.3. The van der Waals surface area contributed by atoms with Gasteiger partial charge in [0.05, 0.1) is 23.3 Å². The first kappa shape index (κ1) is 21.6. The van der Waals surface area contributed by atoms with Gasteiger partial charge in [0.15, 0.2) is 0 Å². The molecule has 2 aromatic carbocycles. The molecule has 1 fully saturated rings. The van der Waals surface area contributed by atoms with E-state index >= 15 is 0 Å². The van der Waals surface area contributed by atoms with Crippen LogP contribution in [0.1, 0.15) is 16.8 Å². The van der Waals surface area contributed by atoms with E-state index in [1.165, 1.54) is 12.1 Å². The molecule has 11 heteroatoms. The van der Waals surface area contributed by atoms with Crippen LogP contribution < -0.4 is 9.62 Å². The normalized spacial score (nSPS) is 13.4. The van der Waals surface area contributed by atoms with Crippen molar-refractivity contribution in [3.05, 3.63) is 66.0 Å². The maximum Gasteiger partial charge on any atom is 0.340 e. The Hall–Kier alpha value is -3.60. The van der Waals surface area contributed by atoms with Crippen LogP contribution in [0.15, 0.2) is 53.7 Å². The van der Waals surface area contributed by atoms with Crippen LogP contribution in [0.3, 0.4) is 0 Å². The molecule has 0 unspecified atom stereocenters. The first-order valence-corrected chi connectivity index (χ1v) is 11.0. The van der Waals surface area contributed by atoms with Gasteiger partial charge in [0.25, 0.3) is 10.0 Å². The first-order valence-electron chi connectivity index (χ1n) is 9.56. The number of anilines is 2. The number of hydrogen-bond donors (Lipinski definition) is 1. The number of nitrogens with one attached hydrogen (secondary N) is 1. The van der Waals surface area contributed by atoms with E-state index in [0.29, 0.717) is 29.2 Å². The number of aromatic nitrogens is 2. The molecule has 0 saturated carbocycles. The molecule has 1 aromatic heterocycles. The third kappa shape index (κ3) is 4.24. The van der Waals surface area contributed by atoms with E-state index in [9.17, 15) is 22.0 Å². The predicted molar refractivity (Wildman–Crippen MR) is 113 cm³/mol. The Labute approximate surface area is 182 Å². The van der Waals surface area contributed by atoms with E-state index < -0.39 is 38.9 Å². The lowest BCUT2D eigenvalue weighted by Gasteiger charge is -2.30. The number of nitrogens with zero attached hydrogens (tertiary/aromatic N) is 3. The highest BCUT2D eigenvalue weighted by atomic mass is 32.2. The Morgan fingerprint density at radius 1 is 1.03 bits per heavy atom. The SMILES string of the molecule is COC(=O)c1cc(F)c(NS(=O)(=O)c2ccc(-c3cnc(N4CCC4)nc3)cc2)cc1F. The molecule has 32 heavy (non-hydrogen) atoms. The molecule has 1 saturated heterocycles. The third-order valence-electron chi connectivity index (χ3n) is 4.98. The predicted octanol–water partition coefficient (Wildman–Crippen LogP) is 3.22. The molecule has 0 aliphatic carbocycles. The summed E-state index contributed by atoms with van der Waals surface area (Å²) in [4.78, 5) is 22.0. The van der Waals surface area contributed by atoms with Crippen molar-refractivity contribution in [3.8, 4) is 11.1 Å². The summed E-state index contributed by atoms with van der Waals surface area (Å²) in [6.07, 6.45) is 4.42. The van der Waals surface area contributed by atoms with Crippen molar-refractivity contribution in [2.45, 2.75) is 11.3 Å². The standard InChI is InChI=1S/C21H18F2N4O4S/c1-31-20(28)16-9-18(23)19(10-17(16)22)26-32(29,30)15-5-3-13(4-6-15)14-11-24-21(25-12-14)27-7-2-8-27/h3-6,9-12,26H,2,7-8H2,1H3. The Kier molecular flexibility index (Phi) is 5.74. The van der Waals surface area contributed by atoms with E-state index in [4.69, 9.17) is 0 Å². The third-order valence-corrected chi connectivity index (χ3v) is 6.36. The van der Waals surface area contributed by atoms with Crippen LogP contribution in [-0.2, 0) is 14.8 Å². The minimum Gasteiger partial charge on any atom is -0.465 e. The lowest BCUT2D eigenvalue weighted by molar-refractivity contribution is 0.0595. The summed E-state index contributed by atoms with van der Waals surface area (Å²) < 4.78 is 59.9. The zero-order chi connectivity index (χ0) is 22.9. The van der Waals surface area contributed by atoms with Gasteiger partial charge in [-0.15, -0.1) is 0 Å². The molecule has 4 rings (SSSR count). The van der Waals surface area contributed by atoms with Crippen molar-refractivity contribution in [3.63, 3.8) is 0 Å². The lowest BCUT2D eigenvalue weighted by Crippen LogP contribution is -2.38. The highest BCUT2D eigenvalue weighted by Crippen LogP contribution is 2.26. The van der Waals surface area contributed by atoms with Gasteiger partial charge >= 0.3 is 5.97 Å². The summed E-state index contributed by atoms with van der Waals surface area (Å²) in [5.74, 6) is -2.66. The fourth-order valence-corrected chi connectivity index (χ4v) is 4.13. The van der Waals surface area contributed by atoms with Crippen LogP contribution in [0, 0.1) is 11.6 Å². The van der Waals surface area contributed by atoms with Crippen molar-refractivity contribution < 1.29 is 26.7 Å². The molecule has 3 aromatic rings. The second-order valence-corrected chi connectivity index (χ2v) is 8.73. The summed E-state index contributed by atoms with van der Waals surface area (Å²) in [7, 11) is -3.19. The first-order chi connectivity index (χ1) is 15.3. The highest BCUT2D eigenvalue weighted by molar-refractivity contribution is 7.92. The topological polar surface area (TPSA) is 101 Å². The molecule has 1 aliphatic rings. The van der Waals surface area contributed by atoms with E-state index in [1.807, 2.05) is 9.62 Å². The number of methoxy groups -OCH3 is 1. The fraction of sp³-hybridized carbons (Fsp3) is 0.190. The smallest absolute Gasteiger partial charge is 0.340 e. The zero-order valence-corrected chi connectivity index (χ0v) is 17.7. The van der Waals surface area contributed by atoms with Crippen LogP contribution >= 0.6 is 0 Å². The maximum atomic E-state index is 14.3. The molecule has 0 amide bonds. The second kappa shape index (κ2) is 8.50. The summed E-state index contributed by atoms with van der Waals surface area (Å²) >= 11 is 0. The molecular formula is C21H18F2N4O4S. The Morgan fingerprint density at radius 2 is 1.69 bits per heavy atom. The van der Waals surface area contributed by atoms with E-state index in [0.717, 1.165) is 26.6 Å².